The maximum absolute atomic E-state index is 4.00. The van der Waals surface area contributed by atoms with E-state index >= 15 is 0 Å². The third kappa shape index (κ3) is 4.00. The van der Waals surface area contributed by atoms with Crippen molar-refractivity contribution >= 4 is 33.9 Å². The lowest BCUT2D eigenvalue weighted by Crippen LogP contribution is -2.45. The molecule has 5 unspecified atom stereocenters. The Morgan fingerprint density at radius 1 is 0.907 bits per heavy atom. The van der Waals surface area contributed by atoms with Crippen molar-refractivity contribution in [1.29, 1.82) is 0 Å². The van der Waals surface area contributed by atoms with Gasteiger partial charge in [-0.2, -0.15) is 0 Å². The second-order valence-electron chi connectivity index (χ2n) is 12.5. The van der Waals surface area contributed by atoms with Gasteiger partial charge in [-0.15, -0.1) is 11.8 Å². The first kappa shape index (κ1) is 25.5. The molecule has 5 atom stereocenters. The van der Waals surface area contributed by atoms with Crippen LogP contribution in [0.3, 0.4) is 0 Å². The average Bonchev–Trinajstić information content (AvgIpc) is 3.60. The van der Waals surface area contributed by atoms with Gasteiger partial charge in [0, 0.05) is 27.9 Å². The quantitative estimate of drug-likeness (QED) is 0.254. The molecule has 5 aliphatic rings. The van der Waals surface area contributed by atoms with Crippen molar-refractivity contribution in [2.75, 3.05) is 5.32 Å². The Balaban J connectivity index is 1.21. The molecule has 3 heterocycles. The number of nitrogens with one attached hydrogen (secondary N) is 2. The van der Waals surface area contributed by atoms with Crippen LogP contribution < -0.4 is 10.6 Å². The van der Waals surface area contributed by atoms with E-state index in [2.05, 4.69) is 149 Å². The summed E-state index contributed by atoms with van der Waals surface area (Å²) >= 11 is 2.09. The van der Waals surface area contributed by atoms with Gasteiger partial charge in [-0.25, -0.2) is 0 Å². The first-order valence-electron chi connectivity index (χ1n) is 15.7. The third-order valence-corrected chi connectivity index (χ3v) is 11.3. The van der Waals surface area contributed by atoms with Crippen LogP contribution >= 0.6 is 11.8 Å². The Labute approximate surface area is 257 Å². The van der Waals surface area contributed by atoms with Crippen LogP contribution in [0.5, 0.6) is 0 Å². The van der Waals surface area contributed by atoms with Crippen LogP contribution in [0.15, 0.2) is 126 Å². The summed E-state index contributed by atoms with van der Waals surface area (Å²) in [5, 5.41) is 9.69. The molecule has 4 aromatic rings. The first-order valence-corrected chi connectivity index (χ1v) is 16.6. The lowest BCUT2D eigenvalue weighted by Gasteiger charge is -2.37. The van der Waals surface area contributed by atoms with Crippen molar-refractivity contribution in [1.82, 2.24) is 9.88 Å². The SMILES string of the molecule is CC1CC2=C(c3c1c1ccccc1n3-c1cccc(C3NC(C4=CC=CCC4)Nc4ccccc43)c1)C1C=CC=CC1S2. The van der Waals surface area contributed by atoms with Crippen LogP contribution in [0.2, 0.25) is 0 Å². The molecular formula is C39H35N3S. The summed E-state index contributed by atoms with van der Waals surface area (Å²) in [6.07, 6.45) is 19.5. The second-order valence-corrected chi connectivity index (χ2v) is 13.8. The Hall–Kier alpha value is -3.99. The summed E-state index contributed by atoms with van der Waals surface area (Å²) in [5.74, 6) is 0.916. The first-order chi connectivity index (χ1) is 21.2. The topological polar surface area (TPSA) is 29.0 Å². The smallest absolute Gasteiger partial charge is 0.100 e. The molecule has 0 amide bonds. The van der Waals surface area contributed by atoms with E-state index in [1.807, 2.05) is 0 Å². The van der Waals surface area contributed by atoms with Crippen LogP contribution in [-0.2, 0) is 0 Å². The van der Waals surface area contributed by atoms with E-state index in [9.17, 15) is 0 Å². The highest BCUT2D eigenvalue weighted by atomic mass is 32.2. The Kier molecular flexibility index (Phi) is 5.95. The van der Waals surface area contributed by atoms with Crippen molar-refractivity contribution in [3.8, 4) is 5.69 Å². The van der Waals surface area contributed by atoms with Crippen molar-refractivity contribution in [2.24, 2.45) is 5.92 Å². The number of hydrogen-bond acceptors (Lipinski definition) is 3. The van der Waals surface area contributed by atoms with Gasteiger partial charge in [0.1, 0.15) is 6.17 Å². The fourth-order valence-corrected chi connectivity index (χ4v) is 9.59. The van der Waals surface area contributed by atoms with Crippen LogP contribution in [0.1, 0.15) is 60.5 Å². The van der Waals surface area contributed by atoms with Crippen molar-refractivity contribution in [3.63, 3.8) is 0 Å². The van der Waals surface area contributed by atoms with Crippen molar-refractivity contribution in [3.05, 3.63) is 148 Å². The van der Waals surface area contributed by atoms with Gasteiger partial charge in [0.15, 0.2) is 0 Å². The third-order valence-electron chi connectivity index (χ3n) is 9.93. The zero-order valence-electron chi connectivity index (χ0n) is 24.3. The van der Waals surface area contributed by atoms with Crippen LogP contribution in [0.25, 0.3) is 22.2 Å². The minimum absolute atomic E-state index is 0.0957. The molecule has 3 aromatic carbocycles. The van der Waals surface area contributed by atoms with Crippen LogP contribution in [-0.4, -0.2) is 16.0 Å². The molecule has 0 saturated heterocycles. The molecule has 2 N–H and O–H groups in total. The molecule has 4 heteroatoms. The van der Waals surface area contributed by atoms with Gasteiger partial charge in [0.2, 0.25) is 0 Å². The molecule has 43 heavy (non-hydrogen) atoms. The molecule has 9 rings (SSSR count). The summed E-state index contributed by atoms with van der Waals surface area (Å²) in [6, 6.07) is 27.3. The van der Waals surface area contributed by atoms with Gasteiger partial charge in [0.25, 0.3) is 0 Å². The largest absolute Gasteiger partial charge is 0.366 e. The molecule has 0 bridgehead atoms. The number of fused-ring (bicyclic) bond motifs is 7. The molecule has 0 saturated carbocycles. The molecule has 0 radical (unpaired) electrons. The number of aromatic nitrogens is 1. The van der Waals surface area contributed by atoms with Crippen molar-refractivity contribution in [2.45, 2.75) is 49.6 Å². The summed E-state index contributed by atoms with van der Waals surface area (Å²) < 4.78 is 2.59. The van der Waals surface area contributed by atoms with E-state index in [1.54, 1.807) is 10.5 Å². The van der Waals surface area contributed by atoms with E-state index in [0.29, 0.717) is 17.1 Å². The van der Waals surface area contributed by atoms with E-state index < -0.39 is 0 Å². The highest BCUT2D eigenvalue weighted by Crippen LogP contribution is 2.58. The number of hydrogen-bond donors (Lipinski definition) is 2. The number of thioether (sulfide) groups is 1. The normalized spacial score (nSPS) is 26.9. The fraction of sp³-hybridized carbons (Fsp3) is 0.231. The number of anilines is 1. The molecular weight excluding hydrogens is 543 g/mol. The van der Waals surface area contributed by atoms with Gasteiger partial charge in [-0.05, 0) is 82.2 Å². The number of benzene rings is 3. The molecule has 212 valence electrons. The minimum atomic E-state index is 0.0957. The summed E-state index contributed by atoms with van der Waals surface area (Å²) in [6.45, 7) is 2.43. The van der Waals surface area contributed by atoms with Crippen LogP contribution in [0.4, 0.5) is 5.69 Å². The van der Waals surface area contributed by atoms with Crippen molar-refractivity contribution < 1.29 is 0 Å². The van der Waals surface area contributed by atoms with Gasteiger partial charge in [0.05, 0.1) is 17.3 Å². The lowest BCUT2D eigenvalue weighted by molar-refractivity contribution is 0.521. The highest BCUT2D eigenvalue weighted by molar-refractivity contribution is 8.04. The molecule has 0 fully saturated rings. The summed E-state index contributed by atoms with van der Waals surface area (Å²) in [4.78, 5) is 1.58. The fourth-order valence-electron chi connectivity index (χ4n) is 8.01. The monoisotopic (exact) mass is 577 g/mol. The average molecular weight is 578 g/mol. The molecule has 3 aliphatic carbocycles. The predicted octanol–water partition coefficient (Wildman–Crippen LogP) is 9.41. The standard InChI is InChI=1S/C39H35N3S/c1-24-22-34-36(30-18-7-10-21-33(30)43-34)38-35(24)29-17-6-9-20-32(29)42(38)27-15-11-14-26(23-27)37-28-16-5-8-19-31(28)40-39(41-37)25-12-3-2-4-13-25/h2-3,5-12,14-21,23-24,30,33,37,39-41H,4,13,22H2,1H3. The van der Waals surface area contributed by atoms with Gasteiger partial charge >= 0.3 is 0 Å². The lowest BCUT2D eigenvalue weighted by atomic mass is 9.80. The number of rotatable bonds is 3. The molecule has 1 aromatic heterocycles. The van der Waals surface area contributed by atoms with Gasteiger partial charge < -0.3 is 9.88 Å². The van der Waals surface area contributed by atoms with Crippen LogP contribution in [0, 0.1) is 5.92 Å². The maximum Gasteiger partial charge on any atom is 0.100 e. The van der Waals surface area contributed by atoms with E-state index in [-0.39, 0.29) is 12.2 Å². The molecule has 0 spiro atoms. The second kappa shape index (κ2) is 10.0. The van der Waals surface area contributed by atoms with E-state index in [0.717, 1.165) is 19.3 Å². The van der Waals surface area contributed by atoms with E-state index in [4.69, 9.17) is 0 Å². The van der Waals surface area contributed by atoms with Gasteiger partial charge in [-0.3, -0.25) is 5.32 Å². The molecule has 2 aliphatic heterocycles. The summed E-state index contributed by atoms with van der Waals surface area (Å²) in [7, 11) is 0. The molecule has 3 nitrogen and oxygen atoms in total. The zero-order valence-corrected chi connectivity index (χ0v) is 25.1. The Morgan fingerprint density at radius 3 is 2.72 bits per heavy atom. The van der Waals surface area contributed by atoms with Gasteiger partial charge in [-0.1, -0.05) is 98.0 Å². The Bertz CT molecular complexity index is 1930. The van der Waals surface area contributed by atoms with E-state index in [1.165, 1.54) is 50.2 Å². The highest BCUT2D eigenvalue weighted by Gasteiger charge is 2.41. The summed E-state index contributed by atoms with van der Waals surface area (Å²) in [5.41, 5.74) is 12.3. The Morgan fingerprint density at radius 2 is 1.79 bits per heavy atom. The maximum atomic E-state index is 4.00. The number of allylic oxidation sites excluding steroid dienone is 8. The number of para-hydroxylation sites is 2. The zero-order chi connectivity index (χ0) is 28.5. The number of nitrogens with zero attached hydrogens (tertiary/aromatic N) is 1. The predicted molar refractivity (Wildman–Crippen MR) is 182 cm³/mol. The minimum Gasteiger partial charge on any atom is -0.366 e.